The van der Waals surface area contributed by atoms with Crippen molar-refractivity contribution in [3.05, 3.63) is 0 Å². The minimum atomic E-state index is -1.85. The third-order valence-electron chi connectivity index (χ3n) is 1.44. The van der Waals surface area contributed by atoms with Crippen LogP contribution in [0.5, 0.6) is 0 Å². The Morgan fingerprint density at radius 3 is 1.92 bits per heavy atom. The molecule has 0 heterocycles. The fraction of sp³-hybridized carbons (Fsp3) is 0.714. The van der Waals surface area contributed by atoms with E-state index in [-0.39, 0.29) is 0 Å². The maximum absolute atomic E-state index is 10.9. The van der Waals surface area contributed by atoms with Crippen molar-refractivity contribution in [1.29, 1.82) is 0 Å². The number of ketones is 2. The van der Waals surface area contributed by atoms with Crippen LogP contribution in [0.2, 0.25) is 0 Å². The summed E-state index contributed by atoms with van der Waals surface area (Å²) >= 11 is 0. The molecule has 0 spiro atoms. The summed E-state index contributed by atoms with van der Waals surface area (Å²) in [5.74, 6) is -2.62. The van der Waals surface area contributed by atoms with Crippen LogP contribution in [-0.2, 0) is 9.59 Å². The molecular formula is C7H12O6. The van der Waals surface area contributed by atoms with Gasteiger partial charge in [0.25, 0.3) is 0 Å². The smallest absolute Gasteiger partial charge is 0.232 e. The molecule has 4 N–H and O–H groups in total. The van der Waals surface area contributed by atoms with Crippen molar-refractivity contribution < 1.29 is 30.0 Å². The Bertz CT molecular complexity index is 199. The zero-order valence-corrected chi connectivity index (χ0v) is 7.04. The van der Waals surface area contributed by atoms with Crippen molar-refractivity contribution in [2.45, 2.75) is 25.2 Å². The van der Waals surface area contributed by atoms with Crippen LogP contribution in [0.15, 0.2) is 0 Å². The molecule has 0 aromatic carbocycles. The number of hydrogen-bond acceptors (Lipinski definition) is 6. The molecule has 0 amide bonds. The molecule has 2 unspecified atom stereocenters. The summed E-state index contributed by atoms with van der Waals surface area (Å²) in [4.78, 5) is 21.6. The first-order valence-electron chi connectivity index (χ1n) is 3.65. The minimum Gasteiger partial charge on any atom is -0.393 e. The van der Waals surface area contributed by atoms with Gasteiger partial charge in [-0.15, -0.1) is 0 Å². The van der Waals surface area contributed by atoms with Crippen molar-refractivity contribution in [2.75, 3.05) is 6.61 Å². The predicted molar refractivity (Wildman–Crippen MR) is 40.8 cm³/mol. The van der Waals surface area contributed by atoms with Gasteiger partial charge < -0.3 is 20.4 Å². The zero-order valence-electron chi connectivity index (χ0n) is 7.04. The molecule has 6 heteroatoms. The van der Waals surface area contributed by atoms with Crippen molar-refractivity contribution in [2.24, 2.45) is 0 Å². The molecule has 0 rings (SSSR count). The standard InChI is InChI=1S/C7H12O6/c1-3(9)5(11)7(13)6(12)4(10)2-8/h3-5,8-11H,2H2,1H3/t3?,4-,5?/m1/s1. The highest BCUT2D eigenvalue weighted by Gasteiger charge is 2.30. The maximum Gasteiger partial charge on any atom is 0.232 e. The van der Waals surface area contributed by atoms with Crippen molar-refractivity contribution in [3.8, 4) is 0 Å². The van der Waals surface area contributed by atoms with Crippen LogP contribution in [0.3, 0.4) is 0 Å². The number of rotatable bonds is 5. The quantitative estimate of drug-likeness (QED) is 0.350. The second-order valence-electron chi connectivity index (χ2n) is 2.61. The van der Waals surface area contributed by atoms with Crippen LogP contribution in [0.4, 0.5) is 0 Å². The summed E-state index contributed by atoms with van der Waals surface area (Å²) in [6, 6.07) is 0. The molecule has 0 saturated heterocycles. The molecule has 0 radical (unpaired) electrons. The Balaban J connectivity index is 4.34. The molecule has 3 atom stereocenters. The SMILES string of the molecule is CC(O)C(O)C(=O)C(=O)[C@H](O)CO. The molecule has 0 aliphatic carbocycles. The Labute approximate surface area is 74.4 Å². The lowest BCUT2D eigenvalue weighted by molar-refractivity contribution is -0.150. The monoisotopic (exact) mass is 192 g/mol. The first-order valence-corrected chi connectivity index (χ1v) is 3.65. The van der Waals surface area contributed by atoms with E-state index in [1.165, 1.54) is 0 Å². The lowest BCUT2D eigenvalue weighted by Crippen LogP contribution is -2.42. The normalized spacial score (nSPS) is 17.6. The molecular weight excluding hydrogens is 180 g/mol. The summed E-state index contributed by atoms with van der Waals surface area (Å²) < 4.78 is 0. The molecule has 0 bridgehead atoms. The number of hydrogen-bond donors (Lipinski definition) is 4. The van der Waals surface area contributed by atoms with E-state index in [9.17, 15) is 9.59 Å². The van der Waals surface area contributed by atoms with E-state index < -0.39 is 36.5 Å². The van der Waals surface area contributed by atoms with Gasteiger partial charge >= 0.3 is 0 Å². The molecule has 76 valence electrons. The van der Waals surface area contributed by atoms with E-state index >= 15 is 0 Å². The Morgan fingerprint density at radius 1 is 1.15 bits per heavy atom. The van der Waals surface area contributed by atoms with Gasteiger partial charge in [0.05, 0.1) is 12.7 Å². The lowest BCUT2D eigenvalue weighted by Gasteiger charge is -2.12. The Hall–Kier alpha value is -0.820. The number of carbonyl (C=O) groups excluding carboxylic acids is 2. The number of Topliss-reactive ketones (excluding diaryl/α,β-unsaturated/α-hetero) is 2. The molecule has 0 aromatic rings. The van der Waals surface area contributed by atoms with E-state index in [1.54, 1.807) is 0 Å². The average Bonchev–Trinajstić information content (AvgIpc) is 2.12. The van der Waals surface area contributed by atoms with Crippen LogP contribution in [0.25, 0.3) is 0 Å². The van der Waals surface area contributed by atoms with Gasteiger partial charge in [-0.3, -0.25) is 9.59 Å². The average molecular weight is 192 g/mol. The number of aliphatic hydroxyl groups is 4. The second-order valence-corrected chi connectivity index (χ2v) is 2.61. The van der Waals surface area contributed by atoms with Gasteiger partial charge in [-0.25, -0.2) is 0 Å². The van der Waals surface area contributed by atoms with Crippen molar-refractivity contribution in [1.82, 2.24) is 0 Å². The molecule has 0 aliphatic rings. The van der Waals surface area contributed by atoms with Crippen LogP contribution in [0, 0.1) is 0 Å². The van der Waals surface area contributed by atoms with Crippen LogP contribution >= 0.6 is 0 Å². The highest BCUT2D eigenvalue weighted by Crippen LogP contribution is 1.97. The highest BCUT2D eigenvalue weighted by atomic mass is 16.3. The number of carbonyl (C=O) groups is 2. The minimum absolute atomic E-state index is 0.892. The largest absolute Gasteiger partial charge is 0.393 e. The van der Waals surface area contributed by atoms with E-state index in [1.807, 2.05) is 0 Å². The van der Waals surface area contributed by atoms with Gasteiger partial charge in [-0.1, -0.05) is 0 Å². The highest BCUT2D eigenvalue weighted by molar-refractivity contribution is 6.40. The van der Waals surface area contributed by atoms with Gasteiger partial charge in [0.2, 0.25) is 11.6 Å². The third-order valence-corrected chi connectivity index (χ3v) is 1.44. The second kappa shape index (κ2) is 5.03. The van der Waals surface area contributed by atoms with Gasteiger partial charge in [0, 0.05) is 0 Å². The lowest BCUT2D eigenvalue weighted by atomic mass is 10.0. The summed E-state index contributed by atoms with van der Waals surface area (Å²) in [7, 11) is 0. The molecule has 13 heavy (non-hydrogen) atoms. The van der Waals surface area contributed by atoms with Crippen molar-refractivity contribution in [3.63, 3.8) is 0 Å². The summed E-state index contributed by atoms with van der Waals surface area (Å²) in [6.07, 6.45) is -5.07. The molecule has 0 aromatic heterocycles. The van der Waals surface area contributed by atoms with Crippen LogP contribution in [-0.4, -0.2) is 56.9 Å². The van der Waals surface area contributed by atoms with Crippen molar-refractivity contribution >= 4 is 11.6 Å². The van der Waals surface area contributed by atoms with E-state index in [2.05, 4.69) is 0 Å². The fourth-order valence-electron chi connectivity index (χ4n) is 0.612. The molecule has 6 nitrogen and oxygen atoms in total. The van der Waals surface area contributed by atoms with E-state index in [0.717, 1.165) is 6.92 Å². The van der Waals surface area contributed by atoms with E-state index in [0.29, 0.717) is 0 Å². The fourth-order valence-corrected chi connectivity index (χ4v) is 0.612. The maximum atomic E-state index is 10.9. The first kappa shape index (κ1) is 12.2. The van der Waals surface area contributed by atoms with E-state index in [4.69, 9.17) is 20.4 Å². The van der Waals surface area contributed by atoms with Crippen LogP contribution < -0.4 is 0 Å². The predicted octanol–water partition coefficient (Wildman–Crippen LogP) is -2.78. The molecule has 0 aliphatic heterocycles. The summed E-state index contributed by atoms with van der Waals surface area (Å²) in [5, 5.41) is 34.6. The molecule has 0 saturated carbocycles. The third kappa shape index (κ3) is 3.19. The van der Waals surface area contributed by atoms with Gasteiger partial charge in [-0.2, -0.15) is 0 Å². The van der Waals surface area contributed by atoms with Gasteiger partial charge in [0.1, 0.15) is 12.2 Å². The topological polar surface area (TPSA) is 115 Å². The van der Waals surface area contributed by atoms with Crippen LogP contribution in [0.1, 0.15) is 6.92 Å². The number of aliphatic hydroxyl groups excluding tert-OH is 4. The van der Waals surface area contributed by atoms with Gasteiger partial charge in [0.15, 0.2) is 0 Å². The molecule has 0 fully saturated rings. The Morgan fingerprint density at radius 2 is 1.62 bits per heavy atom. The summed E-state index contributed by atoms with van der Waals surface area (Å²) in [5.41, 5.74) is 0. The van der Waals surface area contributed by atoms with Gasteiger partial charge in [-0.05, 0) is 6.92 Å². The first-order chi connectivity index (χ1) is 5.91. The summed E-state index contributed by atoms with van der Waals surface area (Å²) in [6.45, 7) is 0.234. The zero-order chi connectivity index (χ0) is 10.6. The Kier molecular flexibility index (Phi) is 4.71.